The molecule has 1 aromatic carbocycles. The zero-order valence-corrected chi connectivity index (χ0v) is 14.4. The van der Waals surface area contributed by atoms with E-state index in [2.05, 4.69) is 17.1 Å². The minimum absolute atomic E-state index is 0. The third kappa shape index (κ3) is 4.82. The zero-order chi connectivity index (χ0) is 12.4. The highest BCUT2D eigenvalue weighted by Gasteiger charge is 2.21. The van der Waals surface area contributed by atoms with Crippen molar-refractivity contribution in [1.82, 2.24) is 10.2 Å². The van der Waals surface area contributed by atoms with Gasteiger partial charge >= 0.3 is 0 Å². The molecule has 1 aliphatic rings. The van der Waals surface area contributed by atoms with Crippen molar-refractivity contribution in [3.8, 4) is 0 Å². The molecule has 0 amide bonds. The Morgan fingerprint density at radius 2 is 1.68 bits per heavy atom. The van der Waals surface area contributed by atoms with Crippen LogP contribution in [0, 0.1) is 0 Å². The molecule has 0 bridgehead atoms. The molecule has 110 valence electrons. The molecule has 1 aromatic rings. The molecule has 1 saturated heterocycles. The van der Waals surface area contributed by atoms with E-state index < -0.39 is 0 Å². The van der Waals surface area contributed by atoms with Gasteiger partial charge in [0, 0.05) is 37.2 Å². The molecule has 0 saturated carbocycles. The van der Waals surface area contributed by atoms with E-state index in [1.807, 2.05) is 6.07 Å². The van der Waals surface area contributed by atoms with Crippen LogP contribution in [0.3, 0.4) is 0 Å². The molecule has 0 unspecified atom stereocenters. The molecule has 19 heavy (non-hydrogen) atoms. The maximum atomic E-state index is 6.25. The summed E-state index contributed by atoms with van der Waals surface area (Å²) in [5.74, 6) is 0. The molecule has 0 aromatic heterocycles. The maximum absolute atomic E-state index is 6.25. The van der Waals surface area contributed by atoms with E-state index in [9.17, 15) is 0 Å². The third-order valence-corrected chi connectivity index (χ3v) is 4.21. The van der Waals surface area contributed by atoms with E-state index in [1.54, 1.807) is 6.07 Å². The van der Waals surface area contributed by atoms with Crippen molar-refractivity contribution >= 4 is 59.6 Å². The van der Waals surface area contributed by atoms with Gasteiger partial charge in [0.2, 0.25) is 0 Å². The van der Waals surface area contributed by atoms with E-state index in [0.717, 1.165) is 31.7 Å². The van der Waals surface area contributed by atoms with Crippen LogP contribution in [-0.4, -0.2) is 31.1 Å². The Morgan fingerprint density at radius 1 is 1.11 bits per heavy atom. The SMILES string of the molecule is C[C@H](c1cc(Cl)cc(Cl)c1Cl)N1CCNCC1.Cl.Cl. The molecular formula is C12H17Cl5N2. The molecule has 1 fully saturated rings. The number of nitrogens with zero attached hydrogens (tertiary/aromatic N) is 1. The summed E-state index contributed by atoms with van der Waals surface area (Å²) in [6, 6.07) is 3.82. The second-order valence-electron chi connectivity index (χ2n) is 4.25. The highest BCUT2D eigenvalue weighted by Crippen LogP contribution is 2.35. The van der Waals surface area contributed by atoms with Gasteiger partial charge in [0.1, 0.15) is 0 Å². The summed E-state index contributed by atoms with van der Waals surface area (Å²) in [4.78, 5) is 2.38. The first-order valence-electron chi connectivity index (χ1n) is 5.69. The minimum atomic E-state index is 0. The lowest BCUT2D eigenvalue weighted by Crippen LogP contribution is -2.44. The fourth-order valence-corrected chi connectivity index (χ4v) is 2.92. The molecule has 2 rings (SSSR count). The van der Waals surface area contributed by atoms with Crippen molar-refractivity contribution in [2.45, 2.75) is 13.0 Å². The molecule has 2 nitrogen and oxygen atoms in total. The summed E-state index contributed by atoms with van der Waals surface area (Å²) in [6.45, 7) is 6.19. The number of hydrogen-bond acceptors (Lipinski definition) is 2. The molecule has 0 aliphatic carbocycles. The van der Waals surface area contributed by atoms with Gasteiger partial charge < -0.3 is 5.32 Å². The Labute approximate surface area is 141 Å². The first-order chi connectivity index (χ1) is 8.09. The van der Waals surface area contributed by atoms with Crippen molar-refractivity contribution in [2.24, 2.45) is 0 Å². The molecular weight excluding hydrogens is 349 g/mol. The number of nitrogens with one attached hydrogen (secondary N) is 1. The van der Waals surface area contributed by atoms with Crippen LogP contribution in [0.5, 0.6) is 0 Å². The Balaban J connectivity index is 0.00000162. The van der Waals surface area contributed by atoms with Gasteiger partial charge in [0.25, 0.3) is 0 Å². The van der Waals surface area contributed by atoms with Gasteiger partial charge in [-0.3, -0.25) is 4.90 Å². The summed E-state index contributed by atoms with van der Waals surface area (Å²) >= 11 is 18.3. The molecule has 1 aliphatic heterocycles. The van der Waals surface area contributed by atoms with Crippen LogP contribution in [0.1, 0.15) is 18.5 Å². The number of hydrogen-bond donors (Lipinski definition) is 1. The summed E-state index contributed by atoms with van der Waals surface area (Å²) in [5.41, 5.74) is 1.01. The number of rotatable bonds is 2. The molecule has 0 radical (unpaired) electrons. The maximum Gasteiger partial charge on any atom is 0.0641 e. The zero-order valence-electron chi connectivity index (χ0n) is 10.5. The normalized spacial score (nSPS) is 17.3. The highest BCUT2D eigenvalue weighted by molar-refractivity contribution is 6.43. The predicted molar refractivity (Wildman–Crippen MR) is 88.8 cm³/mol. The Hall–Kier alpha value is 0.590. The number of piperazine rings is 1. The summed E-state index contributed by atoms with van der Waals surface area (Å²) < 4.78 is 0. The van der Waals surface area contributed by atoms with Gasteiger partial charge in [0.15, 0.2) is 0 Å². The number of benzene rings is 1. The lowest BCUT2D eigenvalue weighted by atomic mass is 10.1. The Bertz CT molecular complexity index is 407. The van der Waals surface area contributed by atoms with E-state index in [0.29, 0.717) is 15.1 Å². The summed E-state index contributed by atoms with van der Waals surface area (Å²) in [5, 5.41) is 5.10. The highest BCUT2D eigenvalue weighted by atomic mass is 35.5. The summed E-state index contributed by atoms with van der Waals surface area (Å²) in [6.07, 6.45) is 0. The van der Waals surface area contributed by atoms with E-state index in [-0.39, 0.29) is 30.9 Å². The third-order valence-electron chi connectivity index (χ3n) is 3.17. The van der Waals surface area contributed by atoms with Gasteiger partial charge in [-0.1, -0.05) is 34.8 Å². The van der Waals surface area contributed by atoms with Gasteiger partial charge in [-0.2, -0.15) is 0 Å². The Morgan fingerprint density at radius 3 is 2.26 bits per heavy atom. The molecule has 7 heteroatoms. The lowest BCUT2D eigenvalue weighted by Gasteiger charge is -2.33. The summed E-state index contributed by atoms with van der Waals surface area (Å²) in [7, 11) is 0. The van der Waals surface area contributed by atoms with Gasteiger partial charge in [-0.15, -0.1) is 24.8 Å². The monoisotopic (exact) mass is 364 g/mol. The fourth-order valence-electron chi connectivity index (χ4n) is 2.15. The average Bonchev–Trinajstić information content (AvgIpc) is 2.34. The van der Waals surface area contributed by atoms with Crippen molar-refractivity contribution in [1.29, 1.82) is 0 Å². The lowest BCUT2D eigenvalue weighted by molar-refractivity contribution is 0.185. The average molecular weight is 367 g/mol. The molecule has 1 atom stereocenters. The van der Waals surface area contributed by atoms with Crippen molar-refractivity contribution in [2.75, 3.05) is 26.2 Å². The van der Waals surface area contributed by atoms with Crippen LogP contribution in [0.2, 0.25) is 15.1 Å². The number of halogens is 5. The van der Waals surface area contributed by atoms with Crippen LogP contribution in [0.4, 0.5) is 0 Å². The van der Waals surface area contributed by atoms with Gasteiger partial charge in [-0.05, 0) is 24.6 Å². The topological polar surface area (TPSA) is 15.3 Å². The largest absolute Gasteiger partial charge is 0.314 e. The van der Waals surface area contributed by atoms with Crippen LogP contribution >= 0.6 is 59.6 Å². The smallest absolute Gasteiger partial charge is 0.0641 e. The quantitative estimate of drug-likeness (QED) is 0.778. The van der Waals surface area contributed by atoms with Gasteiger partial charge in [-0.25, -0.2) is 0 Å². The van der Waals surface area contributed by atoms with E-state index in [1.165, 1.54) is 0 Å². The second kappa shape index (κ2) is 8.78. The van der Waals surface area contributed by atoms with E-state index >= 15 is 0 Å². The fraction of sp³-hybridized carbons (Fsp3) is 0.500. The van der Waals surface area contributed by atoms with E-state index in [4.69, 9.17) is 34.8 Å². The first-order valence-corrected chi connectivity index (χ1v) is 6.82. The molecule has 1 N–H and O–H groups in total. The Kier molecular flexibility index (Phi) is 9.06. The van der Waals surface area contributed by atoms with Crippen LogP contribution in [0.15, 0.2) is 12.1 Å². The molecule has 1 heterocycles. The molecule has 0 spiro atoms. The van der Waals surface area contributed by atoms with Crippen molar-refractivity contribution < 1.29 is 0 Å². The van der Waals surface area contributed by atoms with Crippen molar-refractivity contribution in [3.63, 3.8) is 0 Å². The van der Waals surface area contributed by atoms with Crippen LogP contribution < -0.4 is 5.32 Å². The van der Waals surface area contributed by atoms with Crippen LogP contribution in [-0.2, 0) is 0 Å². The second-order valence-corrected chi connectivity index (χ2v) is 5.47. The standard InChI is InChI=1S/C12H15Cl3N2.2ClH/c1-8(17-4-2-16-3-5-17)10-6-9(13)7-11(14)12(10)15;;/h6-8,16H,2-5H2,1H3;2*1H/t8-;;/m1../s1. The predicted octanol–water partition coefficient (Wildman–Crippen LogP) is 4.46. The van der Waals surface area contributed by atoms with Crippen molar-refractivity contribution in [3.05, 3.63) is 32.8 Å². The van der Waals surface area contributed by atoms with Crippen LogP contribution in [0.25, 0.3) is 0 Å². The first kappa shape index (κ1) is 19.6. The minimum Gasteiger partial charge on any atom is -0.314 e. The van der Waals surface area contributed by atoms with Gasteiger partial charge in [0.05, 0.1) is 10.0 Å².